The third-order valence-electron chi connectivity index (χ3n) is 6.48. The number of likely N-dealkylation sites (tertiary alicyclic amines) is 1. The van der Waals surface area contributed by atoms with Crippen LogP contribution in [0.25, 0.3) is 0 Å². The number of benzene rings is 2. The Labute approximate surface area is 202 Å². The van der Waals surface area contributed by atoms with E-state index in [4.69, 9.17) is 5.73 Å². The van der Waals surface area contributed by atoms with Crippen molar-refractivity contribution in [1.82, 2.24) is 9.21 Å². The number of aryl methyl sites for hydroxylation is 3. The Morgan fingerprint density at radius 2 is 1.74 bits per heavy atom. The summed E-state index contributed by atoms with van der Waals surface area (Å²) in [6, 6.07) is 8.85. The minimum Gasteiger partial charge on any atom is -0.381 e. The van der Waals surface area contributed by atoms with E-state index in [1.54, 1.807) is 17.0 Å². The van der Waals surface area contributed by atoms with Gasteiger partial charge in [0, 0.05) is 45.0 Å². The van der Waals surface area contributed by atoms with Crippen LogP contribution in [0, 0.1) is 26.7 Å². The van der Waals surface area contributed by atoms with Crippen molar-refractivity contribution in [2.45, 2.75) is 45.1 Å². The van der Waals surface area contributed by atoms with Crippen molar-refractivity contribution in [1.29, 1.82) is 0 Å². The third kappa shape index (κ3) is 5.59. The molecular formula is C25H34N4O4S. The van der Waals surface area contributed by atoms with E-state index in [1.807, 2.05) is 6.92 Å². The van der Waals surface area contributed by atoms with E-state index >= 15 is 0 Å². The van der Waals surface area contributed by atoms with Gasteiger partial charge in [0.05, 0.1) is 10.8 Å². The fourth-order valence-electron chi connectivity index (χ4n) is 4.17. The van der Waals surface area contributed by atoms with Crippen molar-refractivity contribution >= 4 is 27.5 Å². The number of nitrogens with zero attached hydrogens (tertiary/aromatic N) is 2. The molecule has 0 aromatic heterocycles. The van der Waals surface area contributed by atoms with Gasteiger partial charge in [-0.25, -0.2) is 12.7 Å². The Kier molecular flexibility index (Phi) is 7.67. The molecule has 184 valence electrons. The fraction of sp³-hybridized carbons (Fsp3) is 0.440. The standard InChI is InChI=1S/C25H34N4O4S/c1-16-9-18(3)21(10-17(16)2)14-27-22-11-20(12-23(13-22)34(32,33)28(4)5)25(31)29-8-6-7-19(15-29)24(26)30/h9-13,19,27H,6-8,14-15H2,1-5H3,(H2,26,30). The fourth-order valence-corrected chi connectivity index (χ4v) is 5.14. The number of rotatable bonds is 7. The van der Waals surface area contributed by atoms with E-state index in [-0.39, 0.29) is 22.9 Å². The summed E-state index contributed by atoms with van der Waals surface area (Å²) in [6.45, 7) is 7.38. The van der Waals surface area contributed by atoms with Crippen LogP contribution >= 0.6 is 0 Å². The van der Waals surface area contributed by atoms with Gasteiger partial charge in [0.25, 0.3) is 5.91 Å². The molecule has 2 aromatic carbocycles. The molecule has 0 radical (unpaired) electrons. The smallest absolute Gasteiger partial charge is 0.253 e. The zero-order valence-electron chi connectivity index (χ0n) is 20.5. The van der Waals surface area contributed by atoms with Gasteiger partial charge < -0.3 is 16.0 Å². The molecule has 3 rings (SSSR count). The number of hydrogen-bond donors (Lipinski definition) is 2. The number of anilines is 1. The summed E-state index contributed by atoms with van der Waals surface area (Å²) in [6.07, 6.45) is 1.32. The van der Waals surface area contributed by atoms with Crippen molar-refractivity contribution in [2.75, 3.05) is 32.5 Å². The molecule has 1 saturated heterocycles. The van der Waals surface area contributed by atoms with E-state index in [0.717, 1.165) is 15.4 Å². The van der Waals surface area contributed by atoms with Crippen LogP contribution in [0.4, 0.5) is 5.69 Å². The van der Waals surface area contributed by atoms with Gasteiger partial charge in [0.1, 0.15) is 0 Å². The first-order valence-corrected chi connectivity index (χ1v) is 12.8. The molecule has 8 nitrogen and oxygen atoms in total. The summed E-state index contributed by atoms with van der Waals surface area (Å²) >= 11 is 0. The van der Waals surface area contributed by atoms with Gasteiger partial charge in [0.2, 0.25) is 15.9 Å². The van der Waals surface area contributed by atoms with E-state index in [1.165, 1.54) is 31.3 Å². The third-order valence-corrected chi connectivity index (χ3v) is 8.27. The van der Waals surface area contributed by atoms with Crippen molar-refractivity contribution in [3.8, 4) is 0 Å². The van der Waals surface area contributed by atoms with Gasteiger partial charge in [-0.2, -0.15) is 0 Å². The minimum atomic E-state index is -3.77. The molecule has 0 saturated carbocycles. The highest BCUT2D eigenvalue weighted by atomic mass is 32.2. The molecule has 0 spiro atoms. The molecule has 0 aliphatic carbocycles. The number of amides is 2. The van der Waals surface area contributed by atoms with Crippen molar-refractivity contribution < 1.29 is 18.0 Å². The SMILES string of the molecule is Cc1cc(C)c(CNc2cc(C(=O)N3CCCC(C(N)=O)C3)cc(S(=O)(=O)N(C)C)c2)cc1C. The van der Waals surface area contributed by atoms with Gasteiger partial charge >= 0.3 is 0 Å². The molecule has 1 fully saturated rings. The number of primary amides is 1. The number of piperidine rings is 1. The largest absolute Gasteiger partial charge is 0.381 e. The molecule has 1 heterocycles. The molecule has 9 heteroatoms. The van der Waals surface area contributed by atoms with Crippen LogP contribution in [0.1, 0.15) is 45.5 Å². The van der Waals surface area contributed by atoms with Crippen molar-refractivity contribution in [3.63, 3.8) is 0 Å². The molecule has 3 N–H and O–H groups in total. The first-order chi connectivity index (χ1) is 15.9. The average molecular weight is 487 g/mol. The maximum Gasteiger partial charge on any atom is 0.253 e. The van der Waals surface area contributed by atoms with E-state index in [0.29, 0.717) is 31.6 Å². The number of nitrogens with two attached hydrogens (primary N) is 1. The summed E-state index contributed by atoms with van der Waals surface area (Å²) in [4.78, 5) is 26.6. The molecule has 1 unspecified atom stereocenters. The molecule has 1 aliphatic rings. The molecular weight excluding hydrogens is 452 g/mol. The topological polar surface area (TPSA) is 113 Å². The first-order valence-electron chi connectivity index (χ1n) is 11.4. The summed E-state index contributed by atoms with van der Waals surface area (Å²) < 4.78 is 26.9. The lowest BCUT2D eigenvalue weighted by Crippen LogP contribution is -2.44. The van der Waals surface area contributed by atoms with Crippen LogP contribution in [0.3, 0.4) is 0 Å². The lowest BCUT2D eigenvalue weighted by Gasteiger charge is -2.31. The Bertz CT molecular complexity index is 1210. The monoisotopic (exact) mass is 486 g/mol. The molecule has 2 amide bonds. The maximum atomic E-state index is 13.3. The zero-order chi connectivity index (χ0) is 25.2. The number of sulfonamides is 1. The highest BCUT2D eigenvalue weighted by molar-refractivity contribution is 7.89. The molecule has 1 atom stereocenters. The molecule has 2 aromatic rings. The van der Waals surface area contributed by atoms with Gasteiger partial charge in [-0.05, 0) is 74.1 Å². The number of carbonyl (C=O) groups excluding carboxylic acids is 2. The first kappa shape index (κ1) is 25.7. The van der Waals surface area contributed by atoms with Crippen LogP contribution in [0.5, 0.6) is 0 Å². The van der Waals surface area contributed by atoms with Crippen molar-refractivity contribution in [3.05, 3.63) is 58.1 Å². The van der Waals surface area contributed by atoms with Crippen LogP contribution in [0.2, 0.25) is 0 Å². The Balaban J connectivity index is 1.95. The van der Waals surface area contributed by atoms with Gasteiger partial charge in [-0.15, -0.1) is 0 Å². The van der Waals surface area contributed by atoms with E-state index in [2.05, 4.69) is 31.3 Å². The predicted molar refractivity (Wildman–Crippen MR) is 133 cm³/mol. The van der Waals surface area contributed by atoms with Crippen LogP contribution in [0.15, 0.2) is 35.2 Å². The Hall–Kier alpha value is -2.91. The second-order valence-electron chi connectivity index (χ2n) is 9.24. The normalized spacial score (nSPS) is 16.5. The van der Waals surface area contributed by atoms with E-state index in [9.17, 15) is 18.0 Å². The lowest BCUT2D eigenvalue weighted by atomic mass is 9.97. The van der Waals surface area contributed by atoms with Crippen LogP contribution in [-0.2, 0) is 21.4 Å². The summed E-state index contributed by atoms with van der Waals surface area (Å²) in [5.74, 6) is -1.13. The van der Waals surface area contributed by atoms with Crippen LogP contribution in [-0.4, -0.2) is 56.6 Å². The van der Waals surface area contributed by atoms with Crippen molar-refractivity contribution in [2.24, 2.45) is 11.7 Å². The number of hydrogen-bond acceptors (Lipinski definition) is 5. The summed E-state index contributed by atoms with van der Waals surface area (Å²) in [5, 5.41) is 3.30. The second-order valence-corrected chi connectivity index (χ2v) is 11.4. The Morgan fingerprint density at radius 3 is 2.38 bits per heavy atom. The van der Waals surface area contributed by atoms with Gasteiger partial charge in [-0.1, -0.05) is 12.1 Å². The molecule has 0 bridgehead atoms. The van der Waals surface area contributed by atoms with Crippen LogP contribution < -0.4 is 11.1 Å². The Morgan fingerprint density at radius 1 is 1.06 bits per heavy atom. The zero-order valence-corrected chi connectivity index (χ0v) is 21.3. The predicted octanol–water partition coefficient (Wildman–Crippen LogP) is 2.81. The number of nitrogens with one attached hydrogen (secondary N) is 1. The summed E-state index contributed by atoms with van der Waals surface area (Å²) in [7, 11) is -0.854. The lowest BCUT2D eigenvalue weighted by molar-refractivity contribution is -0.123. The number of carbonyl (C=O) groups is 2. The molecule has 1 aliphatic heterocycles. The highest BCUT2D eigenvalue weighted by Gasteiger charge is 2.29. The highest BCUT2D eigenvalue weighted by Crippen LogP contribution is 2.25. The van der Waals surface area contributed by atoms with Gasteiger partial charge in [-0.3, -0.25) is 9.59 Å². The molecule has 34 heavy (non-hydrogen) atoms. The van der Waals surface area contributed by atoms with E-state index < -0.39 is 21.8 Å². The summed E-state index contributed by atoms with van der Waals surface area (Å²) in [5.41, 5.74) is 10.9. The second kappa shape index (κ2) is 10.1. The minimum absolute atomic E-state index is 0.0334. The average Bonchev–Trinajstić information content (AvgIpc) is 2.79. The van der Waals surface area contributed by atoms with Gasteiger partial charge in [0.15, 0.2) is 0 Å². The quantitative estimate of drug-likeness (QED) is 0.625. The maximum absolute atomic E-state index is 13.3.